The molecule has 0 nitrogen and oxygen atoms in total. The predicted molar refractivity (Wildman–Crippen MR) is 112 cm³/mol. The minimum atomic E-state index is -1.24. The molecule has 1 rings (SSSR count). The monoisotopic (exact) mass is 355 g/mol. The second-order valence-electron chi connectivity index (χ2n) is 10.8. The van der Waals surface area contributed by atoms with Gasteiger partial charge >= 0.3 is 0 Å². The maximum absolute atomic E-state index is 2.61. The van der Waals surface area contributed by atoms with Gasteiger partial charge in [-0.2, -0.15) is 0 Å². The van der Waals surface area contributed by atoms with Crippen LogP contribution in [0.15, 0.2) is 0 Å². The fourth-order valence-electron chi connectivity index (χ4n) is 6.91. The van der Waals surface area contributed by atoms with E-state index in [1.165, 1.54) is 0 Å². The van der Waals surface area contributed by atoms with Crippen molar-refractivity contribution in [1.82, 2.24) is 0 Å². The van der Waals surface area contributed by atoms with Crippen molar-refractivity contribution in [3.8, 4) is 0 Å². The number of rotatable bonds is 4. The Morgan fingerprint density at radius 1 is 0.727 bits per heavy atom. The molecule has 0 N–H and O–H groups in total. The Morgan fingerprint density at radius 2 is 1.05 bits per heavy atom. The SMILES string of the molecule is CC(C)[Si](C(C)C)(C(C)C)[Si]1CC[Si]1(C(C)(C)C)C(C)(C)C. The molecule has 1 radical (unpaired) electrons. The summed E-state index contributed by atoms with van der Waals surface area (Å²) in [6.45, 7) is 31.2. The van der Waals surface area contributed by atoms with Crippen LogP contribution in [0.25, 0.3) is 0 Å². The first-order valence-corrected chi connectivity index (χ1v) is 17.7. The highest BCUT2D eigenvalue weighted by Crippen LogP contribution is 2.65. The summed E-state index contributed by atoms with van der Waals surface area (Å²) < 4.78 is 0. The van der Waals surface area contributed by atoms with Gasteiger partial charge in [-0.05, 0) is 10.1 Å². The van der Waals surface area contributed by atoms with E-state index in [0.717, 1.165) is 16.6 Å². The summed E-state index contributed by atoms with van der Waals surface area (Å²) in [6, 6.07) is 3.27. The van der Waals surface area contributed by atoms with Crippen molar-refractivity contribution in [2.24, 2.45) is 0 Å². The molecule has 0 aromatic rings. The molecule has 3 heteroatoms. The second kappa shape index (κ2) is 6.18. The molecule has 0 bridgehead atoms. The van der Waals surface area contributed by atoms with Crippen LogP contribution >= 0.6 is 0 Å². The zero-order chi connectivity index (χ0) is 17.7. The van der Waals surface area contributed by atoms with Gasteiger partial charge in [0.2, 0.25) is 0 Å². The first-order chi connectivity index (χ1) is 9.67. The molecule has 1 aliphatic heterocycles. The van der Waals surface area contributed by atoms with E-state index in [0.29, 0.717) is 10.1 Å². The fourth-order valence-corrected chi connectivity index (χ4v) is 62.4. The summed E-state index contributed by atoms with van der Waals surface area (Å²) in [5.41, 5.74) is 2.87. The summed E-state index contributed by atoms with van der Waals surface area (Å²) in [5, 5.41) is 1.16. The van der Waals surface area contributed by atoms with Gasteiger partial charge in [-0.1, -0.05) is 112 Å². The van der Waals surface area contributed by atoms with Gasteiger partial charge in [-0.25, -0.2) is 0 Å². The fraction of sp³-hybridized carbons (Fsp3) is 1.00. The Morgan fingerprint density at radius 3 is 1.18 bits per heavy atom. The van der Waals surface area contributed by atoms with Gasteiger partial charge in [0.15, 0.2) is 0 Å². The molecule has 131 valence electrons. The highest BCUT2D eigenvalue weighted by Gasteiger charge is 2.69. The van der Waals surface area contributed by atoms with Gasteiger partial charge in [0, 0.05) is 15.4 Å². The van der Waals surface area contributed by atoms with E-state index in [9.17, 15) is 0 Å². The lowest BCUT2D eigenvalue weighted by molar-refractivity contribution is 0.617. The lowest BCUT2D eigenvalue weighted by atomic mass is 10.2. The molecule has 0 atom stereocenters. The second-order valence-corrected chi connectivity index (χ2v) is 33.2. The third-order valence-corrected chi connectivity index (χ3v) is 48.3. The Bertz CT molecular complexity index is 345. The third-order valence-electron chi connectivity index (χ3n) is 7.21. The van der Waals surface area contributed by atoms with Crippen LogP contribution < -0.4 is 0 Å². The average Bonchev–Trinajstić information content (AvgIpc) is 2.17. The summed E-state index contributed by atoms with van der Waals surface area (Å²) >= 11 is 0. The van der Waals surface area contributed by atoms with Crippen LogP contribution in [0, 0.1) is 0 Å². The van der Waals surface area contributed by atoms with Crippen molar-refractivity contribution >= 4 is 23.0 Å². The molecular weight excluding hydrogens is 312 g/mol. The van der Waals surface area contributed by atoms with Gasteiger partial charge in [-0.15, -0.1) is 0 Å². The lowest BCUT2D eigenvalue weighted by Crippen LogP contribution is -2.81. The quantitative estimate of drug-likeness (QED) is 0.461. The molecule has 0 amide bonds. The minimum absolute atomic E-state index is 0.179. The van der Waals surface area contributed by atoms with Gasteiger partial charge in [0.25, 0.3) is 0 Å². The average molecular weight is 356 g/mol. The normalized spacial score (nSPS) is 20.9. The molecule has 0 aliphatic carbocycles. The third kappa shape index (κ3) is 2.67. The van der Waals surface area contributed by atoms with Crippen LogP contribution in [0.5, 0.6) is 0 Å². The van der Waals surface area contributed by atoms with E-state index in [-0.39, 0.29) is 7.83 Å². The predicted octanol–water partition coefficient (Wildman–Crippen LogP) is 7.38. The van der Waals surface area contributed by atoms with Crippen molar-refractivity contribution in [1.29, 1.82) is 0 Å². The van der Waals surface area contributed by atoms with Crippen LogP contribution in [0.2, 0.25) is 38.8 Å². The zero-order valence-electron chi connectivity index (χ0n) is 17.6. The maximum atomic E-state index is 2.61. The minimum Gasteiger partial charge on any atom is -0.0654 e. The molecule has 22 heavy (non-hydrogen) atoms. The smallest absolute Gasteiger partial charge is 0.0526 e. The molecule has 1 fully saturated rings. The van der Waals surface area contributed by atoms with E-state index >= 15 is 0 Å². The highest BCUT2D eigenvalue weighted by molar-refractivity contribution is 7.66. The maximum Gasteiger partial charge on any atom is 0.0526 e. The van der Waals surface area contributed by atoms with Gasteiger partial charge in [-0.3, -0.25) is 0 Å². The van der Waals surface area contributed by atoms with E-state index in [1.807, 2.05) is 0 Å². The summed E-state index contributed by atoms with van der Waals surface area (Å²) in [7, 11) is -2.65. The summed E-state index contributed by atoms with van der Waals surface area (Å²) in [5.74, 6) is 0. The topological polar surface area (TPSA) is 0 Å². The molecule has 1 aliphatic rings. The van der Waals surface area contributed by atoms with Crippen LogP contribution in [0.1, 0.15) is 83.1 Å². The molecule has 1 heterocycles. The van der Waals surface area contributed by atoms with Crippen LogP contribution in [0.4, 0.5) is 0 Å². The van der Waals surface area contributed by atoms with Crippen LogP contribution in [-0.4, -0.2) is 23.0 Å². The highest BCUT2D eigenvalue weighted by atomic mass is 29.6. The molecule has 0 aromatic heterocycles. The Balaban J connectivity index is 3.57. The standard InChI is InChI=1S/C19H43Si3/c1-15(2)22(16(3)4,17(5)6)20-13-14-21(20,18(7,8)9)19(10,11)12/h15-17H,13-14H2,1-12H3. The van der Waals surface area contributed by atoms with Crippen LogP contribution in [-0.2, 0) is 0 Å². The largest absolute Gasteiger partial charge is 0.0654 e. The van der Waals surface area contributed by atoms with Crippen molar-refractivity contribution in [3.63, 3.8) is 0 Å². The first-order valence-electron chi connectivity index (χ1n) is 9.54. The van der Waals surface area contributed by atoms with Crippen molar-refractivity contribution in [2.45, 2.75) is 122 Å². The van der Waals surface area contributed by atoms with Gasteiger partial charge in [0.05, 0.1) is 7.59 Å². The van der Waals surface area contributed by atoms with E-state index < -0.39 is 15.2 Å². The molecule has 0 saturated carbocycles. The Labute approximate surface area is 145 Å². The Hall–Kier alpha value is 0.651. The summed E-state index contributed by atoms with van der Waals surface area (Å²) in [6.07, 6.45) is 0. The van der Waals surface area contributed by atoms with E-state index in [1.54, 1.807) is 12.1 Å². The first kappa shape index (κ1) is 20.7. The molecule has 0 aromatic carbocycles. The van der Waals surface area contributed by atoms with Crippen molar-refractivity contribution < 1.29 is 0 Å². The summed E-state index contributed by atoms with van der Waals surface area (Å²) in [4.78, 5) is 0. The molecule has 0 spiro atoms. The Kier molecular flexibility index (Phi) is 5.81. The van der Waals surface area contributed by atoms with Crippen molar-refractivity contribution in [2.75, 3.05) is 0 Å². The lowest BCUT2D eigenvalue weighted by Gasteiger charge is -2.69. The van der Waals surface area contributed by atoms with Gasteiger partial charge < -0.3 is 0 Å². The van der Waals surface area contributed by atoms with Gasteiger partial charge in [0.1, 0.15) is 0 Å². The zero-order valence-corrected chi connectivity index (χ0v) is 20.6. The van der Waals surface area contributed by atoms with E-state index in [2.05, 4.69) is 83.1 Å². The van der Waals surface area contributed by atoms with Crippen LogP contribution in [0.3, 0.4) is 0 Å². The molecule has 0 unspecified atom stereocenters. The molecular formula is C19H43Si3. The number of hydrogen-bond acceptors (Lipinski definition) is 0. The number of hydrogen-bond donors (Lipinski definition) is 0. The van der Waals surface area contributed by atoms with E-state index in [4.69, 9.17) is 0 Å². The van der Waals surface area contributed by atoms with Crippen molar-refractivity contribution in [3.05, 3.63) is 0 Å². The molecule has 1 saturated heterocycles.